The van der Waals surface area contributed by atoms with Crippen molar-refractivity contribution in [1.29, 1.82) is 0 Å². The molecule has 0 saturated heterocycles. The summed E-state index contributed by atoms with van der Waals surface area (Å²) in [6.07, 6.45) is 7.66. The van der Waals surface area contributed by atoms with Crippen molar-refractivity contribution in [1.82, 2.24) is 4.98 Å². The lowest BCUT2D eigenvalue weighted by molar-refractivity contribution is -0.128. The molecular weight excluding hydrogens is 250 g/mol. The number of carbonyl (C=O) groups excluding carboxylic acids is 1. The first-order valence-corrected chi connectivity index (χ1v) is 7.56. The maximum atomic E-state index is 12.7. The highest BCUT2D eigenvalue weighted by atomic mass is 16.5. The van der Waals surface area contributed by atoms with Gasteiger partial charge in [-0.3, -0.25) is 9.78 Å². The second-order valence-corrected chi connectivity index (χ2v) is 5.99. The van der Waals surface area contributed by atoms with Gasteiger partial charge in [-0.25, -0.2) is 0 Å². The predicted molar refractivity (Wildman–Crippen MR) is 80.2 cm³/mol. The predicted octanol–water partition coefficient (Wildman–Crippen LogP) is 3.79. The normalized spacial score (nSPS) is 17.2. The van der Waals surface area contributed by atoms with Gasteiger partial charge in [0.15, 0.2) is 0 Å². The maximum Gasteiger partial charge on any atom is 0.144 e. The third-order valence-electron chi connectivity index (χ3n) is 4.91. The molecule has 1 aliphatic rings. The number of ether oxygens (including phenoxy) is 1. The smallest absolute Gasteiger partial charge is 0.144 e. The summed E-state index contributed by atoms with van der Waals surface area (Å²) in [7, 11) is 1.67. The van der Waals surface area contributed by atoms with Gasteiger partial charge >= 0.3 is 0 Å². The number of carbonyl (C=O) groups is 1. The van der Waals surface area contributed by atoms with Crippen molar-refractivity contribution in [3.8, 4) is 5.75 Å². The number of hydrogen-bond donors (Lipinski definition) is 0. The Bertz CT molecular complexity index is 502. The number of aromatic nitrogens is 1. The molecule has 2 rings (SSSR count). The Balaban J connectivity index is 2.24. The van der Waals surface area contributed by atoms with Crippen molar-refractivity contribution in [2.45, 2.75) is 59.3 Å². The van der Waals surface area contributed by atoms with Gasteiger partial charge in [-0.15, -0.1) is 0 Å². The monoisotopic (exact) mass is 275 g/mol. The maximum absolute atomic E-state index is 12.7. The van der Waals surface area contributed by atoms with E-state index in [0.29, 0.717) is 12.2 Å². The van der Waals surface area contributed by atoms with E-state index < -0.39 is 0 Å². The van der Waals surface area contributed by atoms with Gasteiger partial charge in [-0.2, -0.15) is 0 Å². The van der Waals surface area contributed by atoms with Crippen molar-refractivity contribution >= 4 is 5.78 Å². The fraction of sp³-hybridized carbons (Fsp3) is 0.647. The molecule has 0 aromatic carbocycles. The third kappa shape index (κ3) is 2.58. The van der Waals surface area contributed by atoms with Crippen molar-refractivity contribution in [2.24, 2.45) is 5.41 Å². The molecule has 3 nitrogen and oxygen atoms in total. The van der Waals surface area contributed by atoms with E-state index in [-0.39, 0.29) is 5.41 Å². The summed E-state index contributed by atoms with van der Waals surface area (Å²) in [4.78, 5) is 17.2. The second kappa shape index (κ2) is 5.94. The Kier molecular flexibility index (Phi) is 4.46. The fourth-order valence-electron chi connectivity index (χ4n) is 3.47. The number of methoxy groups -OCH3 is 1. The highest BCUT2D eigenvalue weighted by Gasteiger charge is 2.39. The van der Waals surface area contributed by atoms with E-state index in [0.717, 1.165) is 41.8 Å². The van der Waals surface area contributed by atoms with Crippen LogP contribution >= 0.6 is 0 Å². The summed E-state index contributed by atoms with van der Waals surface area (Å²) in [6.45, 7) is 6.11. The molecule has 1 aliphatic carbocycles. The first-order chi connectivity index (χ1) is 9.54. The van der Waals surface area contributed by atoms with E-state index in [9.17, 15) is 4.79 Å². The molecular formula is C17H25NO2. The van der Waals surface area contributed by atoms with E-state index in [1.54, 1.807) is 7.11 Å². The number of hydrogen-bond acceptors (Lipinski definition) is 3. The molecule has 0 radical (unpaired) electrons. The van der Waals surface area contributed by atoms with Crippen LogP contribution in [0, 0.1) is 19.3 Å². The van der Waals surface area contributed by atoms with Crippen LogP contribution in [-0.4, -0.2) is 17.9 Å². The number of Topliss-reactive ketones (excluding diaryl/α,β-unsaturated/α-hetero) is 1. The van der Waals surface area contributed by atoms with Crippen molar-refractivity contribution in [3.63, 3.8) is 0 Å². The lowest BCUT2D eigenvalue weighted by Gasteiger charge is -2.26. The van der Waals surface area contributed by atoms with Gasteiger partial charge < -0.3 is 4.74 Å². The van der Waals surface area contributed by atoms with Crippen LogP contribution in [0.3, 0.4) is 0 Å². The number of ketones is 1. The van der Waals surface area contributed by atoms with E-state index in [1.165, 1.54) is 12.8 Å². The van der Waals surface area contributed by atoms with Gasteiger partial charge in [0.25, 0.3) is 0 Å². The van der Waals surface area contributed by atoms with E-state index in [2.05, 4.69) is 11.9 Å². The molecule has 0 unspecified atom stereocenters. The summed E-state index contributed by atoms with van der Waals surface area (Å²) < 4.78 is 5.42. The molecule has 0 aliphatic heterocycles. The molecule has 0 atom stereocenters. The Morgan fingerprint density at radius 2 is 2.00 bits per heavy atom. The lowest BCUT2D eigenvalue weighted by atomic mass is 9.77. The Morgan fingerprint density at radius 3 is 2.55 bits per heavy atom. The fourth-order valence-corrected chi connectivity index (χ4v) is 3.47. The zero-order valence-corrected chi connectivity index (χ0v) is 13.1. The van der Waals surface area contributed by atoms with Crippen LogP contribution in [0.1, 0.15) is 55.8 Å². The van der Waals surface area contributed by atoms with Crippen LogP contribution in [0.4, 0.5) is 0 Å². The molecule has 1 heterocycles. The van der Waals surface area contributed by atoms with Crippen LogP contribution in [0.2, 0.25) is 0 Å². The van der Waals surface area contributed by atoms with E-state index in [4.69, 9.17) is 4.74 Å². The molecule has 0 N–H and O–H groups in total. The SMILES string of the molecule is CCC1(C(=O)Cc2ncc(C)c(OC)c2C)CCCC1. The minimum absolute atomic E-state index is 0.0910. The molecule has 110 valence electrons. The molecule has 0 spiro atoms. The molecule has 1 aromatic heterocycles. The molecule has 0 amide bonds. The van der Waals surface area contributed by atoms with Gasteiger partial charge in [0.05, 0.1) is 12.8 Å². The largest absolute Gasteiger partial charge is 0.496 e. The van der Waals surface area contributed by atoms with Crippen LogP contribution in [-0.2, 0) is 11.2 Å². The van der Waals surface area contributed by atoms with Gasteiger partial charge in [0.1, 0.15) is 11.5 Å². The third-order valence-corrected chi connectivity index (χ3v) is 4.91. The molecule has 1 aromatic rings. The number of rotatable bonds is 5. The average molecular weight is 275 g/mol. The van der Waals surface area contributed by atoms with Crippen LogP contribution in [0.15, 0.2) is 6.20 Å². The first-order valence-electron chi connectivity index (χ1n) is 7.56. The van der Waals surface area contributed by atoms with Gasteiger partial charge in [-0.1, -0.05) is 19.8 Å². The summed E-state index contributed by atoms with van der Waals surface area (Å²) in [5, 5.41) is 0. The van der Waals surface area contributed by atoms with Crippen LogP contribution in [0.25, 0.3) is 0 Å². The Labute approximate surface area is 121 Å². The minimum Gasteiger partial charge on any atom is -0.496 e. The number of pyridine rings is 1. The summed E-state index contributed by atoms with van der Waals surface area (Å²) in [5.74, 6) is 1.22. The van der Waals surface area contributed by atoms with Gasteiger partial charge in [-0.05, 0) is 33.1 Å². The molecule has 3 heteroatoms. The van der Waals surface area contributed by atoms with Gasteiger partial charge in [0, 0.05) is 29.2 Å². The second-order valence-electron chi connectivity index (χ2n) is 5.99. The van der Waals surface area contributed by atoms with Crippen molar-refractivity contribution in [2.75, 3.05) is 7.11 Å². The summed E-state index contributed by atoms with van der Waals surface area (Å²) in [5.41, 5.74) is 2.81. The zero-order valence-electron chi connectivity index (χ0n) is 13.1. The highest BCUT2D eigenvalue weighted by molar-refractivity contribution is 5.87. The highest BCUT2D eigenvalue weighted by Crippen LogP contribution is 2.42. The molecule has 1 saturated carbocycles. The zero-order chi connectivity index (χ0) is 14.8. The average Bonchev–Trinajstić information content (AvgIpc) is 2.92. The van der Waals surface area contributed by atoms with Crippen LogP contribution in [0.5, 0.6) is 5.75 Å². The van der Waals surface area contributed by atoms with Crippen LogP contribution < -0.4 is 4.74 Å². The minimum atomic E-state index is -0.0910. The number of nitrogens with zero attached hydrogens (tertiary/aromatic N) is 1. The quantitative estimate of drug-likeness (QED) is 0.820. The molecule has 0 bridgehead atoms. The Morgan fingerprint density at radius 1 is 1.35 bits per heavy atom. The standard InChI is InChI=1S/C17H25NO2/c1-5-17(8-6-7-9-17)15(19)10-14-13(3)16(20-4)12(2)11-18-14/h11H,5-10H2,1-4H3. The Hall–Kier alpha value is -1.38. The topological polar surface area (TPSA) is 39.2 Å². The van der Waals surface area contributed by atoms with E-state index in [1.807, 2.05) is 20.0 Å². The summed E-state index contributed by atoms with van der Waals surface area (Å²) >= 11 is 0. The van der Waals surface area contributed by atoms with E-state index >= 15 is 0 Å². The molecule has 1 fully saturated rings. The number of aryl methyl sites for hydroxylation is 1. The van der Waals surface area contributed by atoms with Crippen molar-refractivity contribution < 1.29 is 9.53 Å². The summed E-state index contributed by atoms with van der Waals surface area (Å²) in [6, 6.07) is 0. The first kappa shape index (κ1) is 15.0. The van der Waals surface area contributed by atoms with Gasteiger partial charge in [0.2, 0.25) is 0 Å². The van der Waals surface area contributed by atoms with Crippen molar-refractivity contribution in [3.05, 3.63) is 23.0 Å². The lowest BCUT2D eigenvalue weighted by Crippen LogP contribution is -2.29. The molecule has 20 heavy (non-hydrogen) atoms.